The van der Waals surface area contributed by atoms with E-state index < -0.39 is 0 Å². The Labute approximate surface area is 145 Å². The van der Waals surface area contributed by atoms with Gasteiger partial charge in [0, 0.05) is 19.6 Å². The van der Waals surface area contributed by atoms with Crippen molar-refractivity contribution in [2.75, 3.05) is 19.7 Å². The van der Waals surface area contributed by atoms with Gasteiger partial charge in [-0.2, -0.15) is 0 Å². The molecule has 0 atom stereocenters. The first-order chi connectivity index (χ1) is 10.7. The monoisotopic (exact) mass is 331 g/mol. The van der Waals surface area contributed by atoms with E-state index in [9.17, 15) is 0 Å². The number of benzene rings is 2. The van der Waals surface area contributed by atoms with Crippen LogP contribution in [0.1, 0.15) is 28.7 Å². The summed E-state index contributed by atoms with van der Waals surface area (Å²) in [6.45, 7) is 8.37. The van der Waals surface area contributed by atoms with Crippen LogP contribution in [0.3, 0.4) is 0 Å². The van der Waals surface area contributed by atoms with Crippen molar-refractivity contribution in [3.8, 4) is 5.75 Å². The molecule has 124 valence electrons. The molecule has 0 amide bonds. The first-order valence-electron chi connectivity index (χ1n) is 8.21. The number of hydrogen-bond donors (Lipinski definition) is 0. The number of ether oxygens (including phenoxy) is 1. The quantitative estimate of drug-likeness (QED) is 0.745. The third kappa shape index (κ3) is 4.73. The van der Waals surface area contributed by atoms with Crippen LogP contribution in [-0.2, 0) is 13.0 Å². The SMILES string of the molecule is Cc1ccc(C)c(OCCCN2CCc3ccccc3C2)c1.Cl. The minimum atomic E-state index is 0. The fourth-order valence-corrected chi connectivity index (χ4v) is 3.08. The molecule has 0 aliphatic carbocycles. The highest BCUT2D eigenvalue weighted by molar-refractivity contribution is 5.85. The Morgan fingerprint density at radius 2 is 1.83 bits per heavy atom. The standard InChI is InChI=1S/C20H25NO.ClH/c1-16-8-9-17(2)20(14-16)22-13-5-11-21-12-10-18-6-3-4-7-19(18)15-21;/h3-4,6-9,14H,5,10-13,15H2,1-2H3;1H. The average molecular weight is 332 g/mol. The normalized spacial score (nSPS) is 14.0. The number of halogens is 1. The summed E-state index contributed by atoms with van der Waals surface area (Å²) in [5, 5.41) is 0. The zero-order chi connectivity index (χ0) is 15.4. The van der Waals surface area contributed by atoms with Gasteiger partial charge in [0.2, 0.25) is 0 Å². The van der Waals surface area contributed by atoms with Gasteiger partial charge in [0.1, 0.15) is 5.75 Å². The second-order valence-corrected chi connectivity index (χ2v) is 6.27. The van der Waals surface area contributed by atoms with Crippen molar-refractivity contribution in [2.45, 2.75) is 33.2 Å². The predicted molar refractivity (Wildman–Crippen MR) is 98.7 cm³/mol. The molecule has 2 aromatic carbocycles. The largest absolute Gasteiger partial charge is 0.493 e. The summed E-state index contributed by atoms with van der Waals surface area (Å²) < 4.78 is 5.95. The Hall–Kier alpha value is -1.51. The van der Waals surface area contributed by atoms with E-state index >= 15 is 0 Å². The maximum absolute atomic E-state index is 5.95. The van der Waals surface area contributed by atoms with E-state index in [0.717, 1.165) is 31.9 Å². The predicted octanol–water partition coefficient (Wildman–Crippen LogP) is 4.55. The van der Waals surface area contributed by atoms with Crippen molar-refractivity contribution < 1.29 is 4.74 Å². The molecular weight excluding hydrogens is 306 g/mol. The van der Waals surface area contributed by atoms with Crippen molar-refractivity contribution in [1.82, 2.24) is 4.90 Å². The first-order valence-corrected chi connectivity index (χ1v) is 8.21. The molecule has 0 N–H and O–H groups in total. The number of rotatable bonds is 5. The fraction of sp³-hybridized carbons (Fsp3) is 0.400. The maximum atomic E-state index is 5.95. The smallest absolute Gasteiger partial charge is 0.122 e. The van der Waals surface area contributed by atoms with Crippen LogP contribution in [0.15, 0.2) is 42.5 Å². The van der Waals surface area contributed by atoms with Gasteiger partial charge in [-0.1, -0.05) is 36.4 Å². The van der Waals surface area contributed by atoms with Gasteiger partial charge in [0.05, 0.1) is 6.61 Å². The third-order valence-electron chi connectivity index (χ3n) is 4.43. The van der Waals surface area contributed by atoms with Crippen LogP contribution in [-0.4, -0.2) is 24.6 Å². The molecule has 1 aliphatic rings. The molecule has 0 unspecified atom stereocenters. The summed E-state index contributed by atoms with van der Waals surface area (Å²) in [4.78, 5) is 2.54. The number of fused-ring (bicyclic) bond motifs is 1. The lowest BCUT2D eigenvalue weighted by atomic mass is 10.00. The second kappa shape index (κ2) is 8.37. The lowest BCUT2D eigenvalue weighted by Crippen LogP contribution is -2.32. The summed E-state index contributed by atoms with van der Waals surface area (Å²) in [7, 11) is 0. The Morgan fingerprint density at radius 1 is 1.04 bits per heavy atom. The summed E-state index contributed by atoms with van der Waals surface area (Å²) in [5.74, 6) is 1.03. The summed E-state index contributed by atoms with van der Waals surface area (Å²) in [5.41, 5.74) is 5.49. The minimum Gasteiger partial charge on any atom is -0.493 e. The zero-order valence-electron chi connectivity index (χ0n) is 14.0. The van der Waals surface area contributed by atoms with Crippen molar-refractivity contribution in [3.63, 3.8) is 0 Å². The van der Waals surface area contributed by atoms with Crippen LogP contribution in [0.5, 0.6) is 5.75 Å². The Bertz CT molecular complexity index is 641. The topological polar surface area (TPSA) is 12.5 Å². The van der Waals surface area contributed by atoms with Crippen molar-refractivity contribution in [3.05, 3.63) is 64.7 Å². The van der Waals surface area contributed by atoms with Gasteiger partial charge in [0.15, 0.2) is 0 Å². The molecule has 0 spiro atoms. The highest BCUT2D eigenvalue weighted by Crippen LogP contribution is 2.20. The molecule has 2 aromatic rings. The molecule has 1 aliphatic heterocycles. The molecule has 23 heavy (non-hydrogen) atoms. The molecule has 0 saturated heterocycles. The van der Waals surface area contributed by atoms with E-state index in [1.165, 1.54) is 35.2 Å². The van der Waals surface area contributed by atoms with Crippen molar-refractivity contribution >= 4 is 12.4 Å². The molecule has 1 heterocycles. The molecule has 0 bridgehead atoms. The first kappa shape index (κ1) is 17.8. The van der Waals surface area contributed by atoms with Gasteiger partial charge in [-0.3, -0.25) is 4.90 Å². The minimum absolute atomic E-state index is 0. The molecular formula is C20H26ClNO. The molecule has 3 rings (SSSR count). The van der Waals surface area contributed by atoms with Gasteiger partial charge >= 0.3 is 0 Å². The van der Waals surface area contributed by atoms with Gasteiger partial charge in [-0.05, 0) is 55.0 Å². The Kier molecular flexibility index (Phi) is 6.49. The molecule has 0 fully saturated rings. The van der Waals surface area contributed by atoms with Crippen LogP contribution >= 0.6 is 12.4 Å². The van der Waals surface area contributed by atoms with E-state index in [1.54, 1.807) is 0 Å². The van der Waals surface area contributed by atoms with Gasteiger partial charge < -0.3 is 4.74 Å². The summed E-state index contributed by atoms with van der Waals surface area (Å²) in [6.07, 6.45) is 2.25. The number of hydrogen-bond acceptors (Lipinski definition) is 2. The molecule has 3 heteroatoms. The van der Waals surface area contributed by atoms with Crippen LogP contribution in [0.4, 0.5) is 0 Å². The van der Waals surface area contributed by atoms with Gasteiger partial charge in [-0.25, -0.2) is 0 Å². The average Bonchev–Trinajstić information content (AvgIpc) is 2.54. The third-order valence-corrected chi connectivity index (χ3v) is 4.43. The van der Waals surface area contributed by atoms with E-state index in [-0.39, 0.29) is 12.4 Å². The van der Waals surface area contributed by atoms with Crippen LogP contribution < -0.4 is 4.74 Å². The van der Waals surface area contributed by atoms with Crippen molar-refractivity contribution in [2.24, 2.45) is 0 Å². The number of aryl methyl sites for hydroxylation is 2. The molecule has 0 radical (unpaired) electrons. The fourth-order valence-electron chi connectivity index (χ4n) is 3.08. The second-order valence-electron chi connectivity index (χ2n) is 6.27. The highest BCUT2D eigenvalue weighted by Gasteiger charge is 2.14. The summed E-state index contributed by atoms with van der Waals surface area (Å²) in [6, 6.07) is 15.2. The van der Waals surface area contributed by atoms with Gasteiger partial charge in [-0.15, -0.1) is 12.4 Å². The Morgan fingerprint density at radius 3 is 2.65 bits per heavy atom. The molecule has 0 aromatic heterocycles. The lowest BCUT2D eigenvalue weighted by Gasteiger charge is -2.28. The lowest BCUT2D eigenvalue weighted by molar-refractivity contribution is 0.220. The Balaban J connectivity index is 0.00000192. The van der Waals surface area contributed by atoms with E-state index in [4.69, 9.17) is 4.74 Å². The van der Waals surface area contributed by atoms with E-state index in [2.05, 4.69) is 61.2 Å². The van der Waals surface area contributed by atoms with Crippen LogP contribution in [0, 0.1) is 13.8 Å². The molecule has 2 nitrogen and oxygen atoms in total. The van der Waals surface area contributed by atoms with E-state index in [0.29, 0.717) is 0 Å². The maximum Gasteiger partial charge on any atom is 0.122 e. The van der Waals surface area contributed by atoms with Crippen LogP contribution in [0.25, 0.3) is 0 Å². The van der Waals surface area contributed by atoms with E-state index in [1.807, 2.05) is 0 Å². The van der Waals surface area contributed by atoms with Crippen molar-refractivity contribution in [1.29, 1.82) is 0 Å². The van der Waals surface area contributed by atoms with Crippen LogP contribution in [0.2, 0.25) is 0 Å². The summed E-state index contributed by atoms with van der Waals surface area (Å²) >= 11 is 0. The van der Waals surface area contributed by atoms with Gasteiger partial charge in [0.25, 0.3) is 0 Å². The number of nitrogens with zero attached hydrogens (tertiary/aromatic N) is 1. The zero-order valence-corrected chi connectivity index (χ0v) is 14.9. The molecule has 0 saturated carbocycles. The highest BCUT2D eigenvalue weighted by atomic mass is 35.5.